The monoisotopic (exact) mass is 273 g/mol. The van der Waals surface area contributed by atoms with Gasteiger partial charge < -0.3 is 15.6 Å². The van der Waals surface area contributed by atoms with Crippen molar-refractivity contribution < 1.29 is 9.84 Å². The third kappa shape index (κ3) is 2.94. The van der Waals surface area contributed by atoms with E-state index in [9.17, 15) is 5.11 Å². The minimum absolute atomic E-state index is 0.129. The first-order valence-electron chi connectivity index (χ1n) is 7.01. The number of ether oxygens (including phenoxy) is 1. The van der Waals surface area contributed by atoms with Crippen LogP contribution in [-0.2, 0) is 6.54 Å². The Labute approximate surface area is 120 Å². The number of hydrogen-bond donors (Lipinski definition) is 2. The second kappa shape index (κ2) is 5.81. The normalized spacial score (nSPS) is 14.5. The third-order valence-electron chi connectivity index (χ3n) is 3.97. The molecule has 3 N–H and O–H groups in total. The topological polar surface area (TPSA) is 55.5 Å². The van der Waals surface area contributed by atoms with Crippen LogP contribution in [0.2, 0.25) is 0 Å². The van der Waals surface area contributed by atoms with Crippen molar-refractivity contribution in [3.8, 4) is 5.75 Å². The fraction of sp³-hybridized carbons (Fsp3) is 0.412. The first kappa shape index (κ1) is 14.8. The summed E-state index contributed by atoms with van der Waals surface area (Å²) in [4.78, 5) is 0. The van der Waals surface area contributed by atoms with Crippen LogP contribution in [0.15, 0.2) is 36.4 Å². The second-order valence-electron chi connectivity index (χ2n) is 5.77. The highest BCUT2D eigenvalue weighted by atomic mass is 16.5. The maximum Gasteiger partial charge on any atom is 0.124 e. The Morgan fingerprint density at radius 1 is 1.20 bits per heavy atom. The molecule has 1 atom stereocenters. The quantitative estimate of drug-likeness (QED) is 0.880. The molecule has 0 saturated carbocycles. The summed E-state index contributed by atoms with van der Waals surface area (Å²) in [6.07, 6.45) is 0. The van der Waals surface area contributed by atoms with E-state index < -0.39 is 5.60 Å². The molecular weight excluding hydrogens is 250 g/mol. The van der Waals surface area contributed by atoms with E-state index in [1.807, 2.05) is 44.2 Å². The maximum atomic E-state index is 10.3. The van der Waals surface area contributed by atoms with Crippen LogP contribution in [0.4, 0.5) is 0 Å². The molecule has 0 fully saturated rings. The fourth-order valence-corrected chi connectivity index (χ4v) is 2.05. The molecule has 0 radical (unpaired) electrons. The van der Waals surface area contributed by atoms with Crippen molar-refractivity contribution in [2.45, 2.75) is 32.9 Å². The highest BCUT2D eigenvalue weighted by Crippen LogP contribution is 2.29. The lowest BCUT2D eigenvalue weighted by Crippen LogP contribution is -2.38. The Morgan fingerprint density at radius 2 is 1.90 bits per heavy atom. The fourth-order valence-electron chi connectivity index (χ4n) is 2.05. The van der Waals surface area contributed by atoms with Crippen LogP contribution in [0, 0.1) is 5.92 Å². The van der Waals surface area contributed by atoms with Gasteiger partial charge in [-0.2, -0.15) is 0 Å². The van der Waals surface area contributed by atoms with Crippen molar-refractivity contribution >= 4 is 10.8 Å². The lowest BCUT2D eigenvalue weighted by Gasteiger charge is -2.28. The van der Waals surface area contributed by atoms with Crippen LogP contribution in [0.3, 0.4) is 0 Å². The van der Waals surface area contributed by atoms with Crippen molar-refractivity contribution in [3.05, 3.63) is 42.0 Å². The molecule has 3 heteroatoms. The number of fused-ring (bicyclic) bond motifs is 1. The summed E-state index contributed by atoms with van der Waals surface area (Å²) < 4.78 is 5.83. The van der Waals surface area contributed by atoms with Gasteiger partial charge >= 0.3 is 0 Å². The average Bonchev–Trinajstić information content (AvgIpc) is 2.44. The van der Waals surface area contributed by atoms with Gasteiger partial charge in [0.2, 0.25) is 0 Å². The molecule has 0 spiro atoms. The lowest BCUT2D eigenvalue weighted by molar-refractivity contribution is -0.0268. The number of rotatable bonds is 5. The minimum Gasteiger partial charge on any atom is -0.490 e. The zero-order chi connectivity index (χ0) is 14.8. The van der Waals surface area contributed by atoms with E-state index in [0.29, 0.717) is 6.54 Å². The van der Waals surface area contributed by atoms with Crippen LogP contribution in [0.1, 0.15) is 26.3 Å². The van der Waals surface area contributed by atoms with E-state index in [0.717, 1.165) is 22.1 Å². The van der Waals surface area contributed by atoms with Crippen molar-refractivity contribution in [2.75, 3.05) is 6.61 Å². The smallest absolute Gasteiger partial charge is 0.124 e. The van der Waals surface area contributed by atoms with Gasteiger partial charge in [-0.25, -0.2) is 0 Å². The molecule has 1 unspecified atom stereocenters. The Balaban J connectivity index is 2.31. The molecule has 0 aromatic heterocycles. The SMILES string of the molecule is CC(C)C(C)(O)COc1ccc2ccccc2c1CN. The van der Waals surface area contributed by atoms with Gasteiger partial charge in [-0.05, 0) is 29.7 Å². The third-order valence-corrected chi connectivity index (χ3v) is 3.97. The van der Waals surface area contributed by atoms with Crippen LogP contribution in [-0.4, -0.2) is 17.3 Å². The molecule has 2 rings (SSSR count). The number of benzene rings is 2. The molecule has 0 heterocycles. The predicted octanol–water partition coefficient (Wildman–Crippen LogP) is 3.08. The number of nitrogens with two attached hydrogens (primary N) is 1. The molecule has 0 saturated heterocycles. The molecular formula is C17H23NO2. The van der Waals surface area contributed by atoms with Crippen LogP contribution in [0.25, 0.3) is 10.8 Å². The minimum atomic E-state index is -0.850. The van der Waals surface area contributed by atoms with E-state index in [1.54, 1.807) is 6.92 Å². The Bertz CT molecular complexity index is 591. The van der Waals surface area contributed by atoms with Gasteiger partial charge in [-0.3, -0.25) is 0 Å². The lowest BCUT2D eigenvalue weighted by atomic mass is 9.93. The summed E-state index contributed by atoms with van der Waals surface area (Å²) in [7, 11) is 0. The average molecular weight is 273 g/mol. The second-order valence-corrected chi connectivity index (χ2v) is 5.77. The van der Waals surface area contributed by atoms with Crippen molar-refractivity contribution in [3.63, 3.8) is 0 Å². The van der Waals surface area contributed by atoms with Gasteiger partial charge in [0, 0.05) is 12.1 Å². The highest BCUT2D eigenvalue weighted by Gasteiger charge is 2.26. The number of hydrogen-bond acceptors (Lipinski definition) is 3. The first-order chi connectivity index (χ1) is 9.45. The van der Waals surface area contributed by atoms with Crippen molar-refractivity contribution in [2.24, 2.45) is 11.7 Å². The standard InChI is InChI=1S/C17H23NO2/c1-12(2)17(3,19)11-20-16-9-8-13-6-4-5-7-14(13)15(16)10-18/h4-9,12,19H,10-11,18H2,1-3H3. The largest absolute Gasteiger partial charge is 0.490 e. The number of aliphatic hydroxyl groups is 1. The van der Waals surface area contributed by atoms with Crippen LogP contribution >= 0.6 is 0 Å². The first-order valence-corrected chi connectivity index (χ1v) is 7.01. The molecule has 20 heavy (non-hydrogen) atoms. The molecule has 2 aromatic carbocycles. The molecule has 0 amide bonds. The molecule has 0 bridgehead atoms. The highest BCUT2D eigenvalue weighted by molar-refractivity contribution is 5.87. The van der Waals surface area contributed by atoms with Gasteiger partial charge in [0.15, 0.2) is 0 Å². The molecule has 0 aliphatic carbocycles. The zero-order valence-corrected chi connectivity index (χ0v) is 12.4. The molecule has 3 nitrogen and oxygen atoms in total. The van der Waals surface area contributed by atoms with E-state index in [-0.39, 0.29) is 12.5 Å². The Kier molecular flexibility index (Phi) is 4.31. The maximum absolute atomic E-state index is 10.3. The summed E-state index contributed by atoms with van der Waals surface area (Å²) in [6.45, 7) is 6.43. The molecule has 0 aliphatic rings. The van der Waals surface area contributed by atoms with Gasteiger partial charge in [-0.15, -0.1) is 0 Å². The zero-order valence-electron chi connectivity index (χ0n) is 12.4. The van der Waals surface area contributed by atoms with Gasteiger partial charge in [0.1, 0.15) is 12.4 Å². The van der Waals surface area contributed by atoms with Gasteiger partial charge in [0.25, 0.3) is 0 Å². The summed E-state index contributed by atoms with van der Waals surface area (Å²) in [5.74, 6) is 0.886. The van der Waals surface area contributed by atoms with E-state index >= 15 is 0 Å². The van der Waals surface area contributed by atoms with Crippen molar-refractivity contribution in [1.29, 1.82) is 0 Å². The molecule has 108 valence electrons. The van der Waals surface area contributed by atoms with Crippen LogP contribution < -0.4 is 10.5 Å². The van der Waals surface area contributed by atoms with Crippen LogP contribution in [0.5, 0.6) is 5.75 Å². The summed E-state index contributed by atoms with van der Waals surface area (Å²) >= 11 is 0. The molecule has 2 aromatic rings. The van der Waals surface area contributed by atoms with Gasteiger partial charge in [-0.1, -0.05) is 44.2 Å². The summed E-state index contributed by atoms with van der Waals surface area (Å²) in [6, 6.07) is 12.1. The summed E-state index contributed by atoms with van der Waals surface area (Å²) in [5.41, 5.74) is 6.01. The van der Waals surface area contributed by atoms with E-state index in [1.165, 1.54) is 0 Å². The Morgan fingerprint density at radius 3 is 2.55 bits per heavy atom. The molecule has 0 aliphatic heterocycles. The summed E-state index contributed by atoms with van der Waals surface area (Å²) in [5, 5.41) is 12.5. The van der Waals surface area contributed by atoms with Gasteiger partial charge in [0.05, 0.1) is 5.60 Å². The van der Waals surface area contributed by atoms with E-state index in [4.69, 9.17) is 10.5 Å². The van der Waals surface area contributed by atoms with Crippen molar-refractivity contribution in [1.82, 2.24) is 0 Å². The Hall–Kier alpha value is -1.58. The predicted molar refractivity (Wildman–Crippen MR) is 82.8 cm³/mol. The van der Waals surface area contributed by atoms with E-state index in [2.05, 4.69) is 6.07 Å².